The molecule has 28 heavy (non-hydrogen) atoms. The van der Waals surface area contributed by atoms with Crippen molar-refractivity contribution in [1.29, 1.82) is 0 Å². The van der Waals surface area contributed by atoms with Crippen molar-refractivity contribution in [1.82, 2.24) is 9.88 Å². The van der Waals surface area contributed by atoms with E-state index < -0.39 is 21.7 Å². The molecule has 0 saturated carbocycles. The summed E-state index contributed by atoms with van der Waals surface area (Å²) in [6, 6.07) is 7.94. The molecular weight excluding hydrogens is 388 g/mol. The molecule has 0 unspecified atom stereocenters. The lowest BCUT2D eigenvalue weighted by atomic mass is 10.2. The van der Waals surface area contributed by atoms with Gasteiger partial charge in [0.2, 0.25) is 0 Å². The molecule has 0 atom stereocenters. The van der Waals surface area contributed by atoms with Gasteiger partial charge in [-0.05, 0) is 50.8 Å². The summed E-state index contributed by atoms with van der Waals surface area (Å²) < 4.78 is 60.0. The number of halogens is 2. The van der Waals surface area contributed by atoms with Crippen molar-refractivity contribution < 1.29 is 21.9 Å². The number of fused-ring (bicyclic) bond motifs is 1. The van der Waals surface area contributed by atoms with E-state index in [0.29, 0.717) is 12.4 Å². The van der Waals surface area contributed by atoms with Gasteiger partial charge in [0.1, 0.15) is 5.75 Å². The summed E-state index contributed by atoms with van der Waals surface area (Å²) >= 11 is 0. The second-order valence-corrected chi connectivity index (χ2v) is 8.28. The largest absolute Gasteiger partial charge is 0.494 e. The summed E-state index contributed by atoms with van der Waals surface area (Å²) in [4.78, 5) is 4.80. The Bertz CT molecular complexity index is 1060. The molecule has 9 heteroatoms. The molecule has 0 spiro atoms. The number of benzene rings is 2. The number of aromatic nitrogens is 1. The maximum Gasteiger partial charge on any atom is 0.261 e. The Morgan fingerprint density at radius 1 is 1.11 bits per heavy atom. The standard InChI is InChI=1S/C19H21F2N3O3S/c1-24(2)8-3-9-27-13-4-6-14(7-5-13)28(25,26)23-19-12-22-18-11-17(21)16(20)10-15(18)19/h4-7,10-12,22-23H,3,8-9H2,1-2H3. The third-order valence-corrected chi connectivity index (χ3v) is 5.50. The summed E-state index contributed by atoms with van der Waals surface area (Å²) in [6.07, 6.45) is 2.20. The van der Waals surface area contributed by atoms with E-state index >= 15 is 0 Å². The van der Waals surface area contributed by atoms with Gasteiger partial charge in [-0.15, -0.1) is 0 Å². The molecule has 150 valence electrons. The van der Waals surface area contributed by atoms with Crippen LogP contribution in [0.3, 0.4) is 0 Å². The van der Waals surface area contributed by atoms with Crippen molar-refractivity contribution >= 4 is 26.6 Å². The Hall–Kier alpha value is -2.65. The number of aromatic amines is 1. The van der Waals surface area contributed by atoms with Crippen LogP contribution in [-0.4, -0.2) is 45.5 Å². The lowest BCUT2D eigenvalue weighted by Crippen LogP contribution is -2.15. The molecule has 2 aromatic carbocycles. The zero-order valence-electron chi connectivity index (χ0n) is 15.5. The molecule has 2 N–H and O–H groups in total. The summed E-state index contributed by atoms with van der Waals surface area (Å²) in [7, 11) is 0.0556. The summed E-state index contributed by atoms with van der Waals surface area (Å²) in [5.74, 6) is -1.49. The molecule has 6 nitrogen and oxygen atoms in total. The number of nitrogens with zero attached hydrogens (tertiary/aromatic N) is 1. The third kappa shape index (κ3) is 4.60. The predicted octanol–water partition coefficient (Wildman–Crippen LogP) is 3.58. The number of hydrogen-bond acceptors (Lipinski definition) is 4. The third-order valence-electron chi connectivity index (χ3n) is 4.12. The lowest BCUT2D eigenvalue weighted by Gasteiger charge is -2.11. The van der Waals surface area contributed by atoms with Crippen LogP contribution in [0.4, 0.5) is 14.5 Å². The van der Waals surface area contributed by atoms with Crippen LogP contribution >= 0.6 is 0 Å². The van der Waals surface area contributed by atoms with Crippen LogP contribution in [0.1, 0.15) is 6.42 Å². The van der Waals surface area contributed by atoms with E-state index in [0.717, 1.165) is 25.1 Å². The smallest absolute Gasteiger partial charge is 0.261 e. The van der Waals surface area contributed by atoms with Gasteiger partial charge < -0.3 is 14.6 Å². The topological polar surface area (TPSA) is 74.4 Å². The first-order valence-corrected chi connectivity index (χ1v) is 10.1. The Labute approximate surface area is 162 Å². The van der Waals surface area contributed by atoms with Gasteiger partial charge in [0.05, 0.1) is 22.7 Å². The van der Waals surface area contributed by atoms with Crippen molar-refractivity contribution in [3.8, 4) is 5.75 Å². The van der Waals surface area contributed by atoms with Crippen molar-refractivity contribution in [3.63, 3.8) is 0 Å². The zero-order valence-corrected chi connectivity index (χ0v) is 16.3. The van der Waals surface area contributed by atoms with Crippen molar-refractivity contribution in [2.45, 2.75) is 11.3 Å². The van der Waals surface area contributed by atoms with E-state index in [-0.39, 0.29) is 21.5 Å². The summed E-state index contributed by atoms with van der Waals surface area (Å²) in [5.41, 5.74) is 0.427. The first-order valence-electron chi connectivity index (χ1n) is 8.63. The van der Waals surface area contributed by atoms with E-state index in [4.69, 9.17) is 4.74 Å². The van der Waals surface area contributed by atoms with E-state index in [1.54, 1.807) is 12.1 Å². The SMILES string of the molecule is CN(C)CCCOc1ccc(S(=O)(=O)Nc2c[nH]c3cc(F)c(F)cc23)cc1. The van der Waals surface area contributed by atoms with E-state index in [1.165, 1.54) is 18.3 Å². The highest BCUT2D eigenvalue weighted by Gasteiger charge is 2.17. The summed E-state index contributed by atoms with van der Waals surface area (Å²) in [6.45, 7) is 1.42. The molecular formula is C19H21F2N3O3S. The van der Waals surface area contributed by atoms with Gasteiger partial charge in [0, 0.05) is 24.2 Å². The first kappa shape index (κ1) is 20.1. The summed E-state index contributed by atoms with van der Waals surface area (Å²) in [5, 5.41) is 0.239. The van der Waals surface area contributed by atoms with Gasteiger partial charge in [-0.1, -0.05) is 0 Å². The Morgan fingerprint density at radius 3 is 2.46 bits per heavy atom. The molecule has 3 aromatic rings. The fourth-order valence-electron chi connectivity index (χ4n) is 2.69. The maximum atomic E-state index is 13.5. The van der Waals surface area contributed by atoms with Gasteiger partial charge in [0.15, 0.2) is 11.6 Å². The average Bonchev–Trinajstić information content (AvgIpc) is 3.00. The minimum absolute atomic E-state index is 0.0325. The predicted molar refractivity (Wildman–Crippen MR) is 104 cm³/mol. The van der Waals surface area contributed by atoms with Crippen molar-refractivity contribution in [2.75, 3.05) is 32.0 Å². The normalized spacial score (nSPS) is 11.9. The molecule has 0 fully saturated rings. The minimum Gasteiger partial charge on any atom is -0.494 e. The maximum absolute atomic E-state index is 13.5. The van der Waals surface area contributed by atoms with Gasteiger partial charge in [-0.2, -0.15) is 0 Å². The van der Waals surface area contributed by atoms with Crippen LogP contribution in [0.2, 0.25) is 0 Å². The second-order valence-electron chi connectivity index (χ2n) is 6.60. The van der Waals surface area contributed by atoms with Crippen LogP contribution in [0.15, 0.2) is 47.5 Å². The monoisotopic (exact) mass is 409 g/mol. The molecule has 1 aromatic heterocycles. The molecule has 0 radical (unpaired) electrons. The van der Waals surface area contributed by atoms with Gasteiger partial charge in [-0.25, -0.2) is 17.2 Å². The molecule has 3 rings (SSSR count). The van der Waals surface area contributed by atoms with Crippen molar-refractivity contribution in [2.24, 2.45) is 0 Å². The first-order chi connectivity index (χ1) is 13.3. The molecule has 0 bridgehead atoms. The fourth-order valence-corrected chi connectivity index (χ4v) is 3.76. The number of H-pyrrole nitrogens is 1. The highest BCUT2D eigenvalue weighted by Crippen LogP contribution is 2.28. The van der Waals surface area contributed by atoms with Gasteiger partial charge >= 0.3 is 0 Å². The number of nitrogens with one attached hydrogen (secondary N) is 2. The van der Waals surface area contributed by atoms with E-state index in [2.05, 4.69) is 14.6 Å². The number of ether oxygens (including phenoxy) is 1. The van der Waals surface area contributed by atoms with Crippen LogP contribution in [0.5, 0.6) is 5.75 Å². The van der Waals surface area contributed by atoms with Gasteiger partial charge in [-0.3, -0.25) is 4.72 Å². The van der Waals surface area contributed by atoms with Crippen LogP contribution in [-0.2, 0) is 10.0 Å². The minimum atomic E-state index is -3.90. The molecule has 0 aliphatic rings. The lowest BCUT2D eigenvalue weighted by molar-refractivity contribution is 0.281. The Balaban J connectivity index is 1.72. The van der Waals surface area contributed by atoms with E-state index in [9.17, 15) is 17.2 Å². The fraction of sp³-hybridized carbons (Fsp3) is 0.263. The Kier molecular flexibility index (Phi) is 5.85. The molecule has 0 saturated heterocycles. The van der Waals surface area contributed by atoms with Crippen molar-refractivity contribution in [3.05, 3.63) is 54.2 Å². The van der Waals surface area contributed by atoms with Crippen LogP contribution in [0, 0.1) is 11.6 Å². The molecule has 0 aliphatic carbocycles. The van der Waals surface area contributed by atoms with E-state index in [1.807, 2.05) is 14.1 Å². The Morgan fingerprint density at radius 2 is 1.79 bits per heavy atom. The number of rotatable bonds is 8. The van der Waals surface area contributed by atoms with Crippen LogP contribution in [0.25, 0.3) is 10.9 Å². The second kappa shape index (κ2) is 8.15. The van der Waals surface area contributed by atoms with Crippen LogP contribution < -0.4 is 9.46 Å². The zero-order chi connectivity index (χ0) is 20.3. The number of hydrogen-bond donors (Lipinski definition) is 2. The highest BCUT2D eigenvalue weighted by atomic mass is 32.2. The molecule has 1 heterocycles. The quantitative estimate of drug-likeness (QED) is 0.558. The highest BCUT2D eigenvalue weighted by molar-refractivity contribution is 7.92. The molecule has 0 aliphatic heterocycles. The average molecular weight is 409 g/mol. The molecule has 0 amide bonds. The number of anilines is 1. The van der Waals surface area contributed by atoms with Gasteiger partial charge in [0.25, 0.3) is 10.0 Å². The number of sulfonamides is 1.